The normalized spacial score (nSPS) is 41.1. The van der Waals surface area contributed by atoms with Crippen LogP contribution in [0.15, 0.2) is 11.4 Å². The largest absolute Gasteiger partial charge is 0.392 e. The first kappa shape index (κ1) is 10.6. The molecule has 5 nitrogen and oxygen atoms in total. The minimum Gasteiger partial charge on any atom is -0.392 e. The number of hydrogen-bond acceptors (Lipinski definition) is 5. The van der Waals surface area contributed by atoms with Crippen LogP contribution in [0.25, 0.3) is 0 Å². The summed E-state index contributed by atoms with van der Waals surface area (Å²) in [5.74, 6) is -1.19. The minimum atomic E-state index is -1.89. The fraction of sp³-hybridized carbons (Fsp3) is 0.714. The van der Waals surface area contributed by atoms with Gasteiger partial charge in [-0.05, 0) is 0 Å². The third kappa shape index (κ3) is 1.59. The summed E-state index contributed by atoms with van der Waals surface area (Å²) in [7, 11) is 0. The molecule has 1 aliphatic rings. The van der Waals surface area contributed by atoms with Crippen LogP contribution in [-0.4, -0.2) is 56.6 Å². The van der Waals surface area contributed by atoms with Crippen molar-refractivity contribution >= 4 is 0 Å². The van der Waals surface area contributed by atoms with E-state index in [2.05, 4.69) is 0 Å². The van der Waals surface area contributed by atoms with E-state index in [9.17, 15) is 4.39 Å². The van der Waals surface area contributed by atoms with Crippen LogP contribution in [0.5, 0.6) is 0 Å². The van der Waals surface area contributed by atoms with Crippen LogP contribution in [0.3, 0.4) is 0 Å². The Balaban J connectivity index is 3.03. The Kier molecular flexibility index (Phi) is 2.99. The van der Waals surface area contributed by atoms with Gasteiger partial charge in [-0.2, -0.15) is 0 Å². The maximum absolute atomic E-state index is 13.0. The maximum Gasteiger partial charge on any atom is 0.135 e. The van der Waals surface area contributed by atoms with Crippen LogP contribution in [0.2, 0.25) is 0 Å². The predicted molar refractivity (Wildman–Crippen MR) is 39.2 cm³/mol. The van der Waals surface area contributed by atoms with Crippen LogP contribution in [-0.2, 0) is 0 Å². The first-order chi connectivity index (χ1) is 6.00. The highest BCUT2D eigenvalue weighted by molar-refractivity contribution is 5.24. The van der Waals surface area contributed by atoms with Gasteiger partial charge in [-0.25, -0.2) is 4.39 Å². The van der Waals surface area contributed by atoms with E-state index in [0.717, 1.165) is 0 Å². The van der Waals surface area contributed by atoms with Gasteiger partial charge in [0.25, 0.3) is 0 Å². The van der Waals surface area contributed by atoms with Gasteiger partial charge in [0.15, 0.2) is 0 Å². The van der Waals surface area contributed by atoms with Crippen molar-refractivity contribution < 1.29 is 29.9 Å². The lowest BCUT2D eigenvalue weighted by Gasteiger charge is -2.32. The summed E-state index contributed by atoms with van der Waals surface area (Å²) >= 11 is 0. The Morgan fingerprint density at radius 1 is 1.00 bits per heavy atom. The topological polar surface area (TPSA) is 101 Å². The first-order valence-electron chi connectivity index (χ1n) is 3.72. The number of hydrogen-bond donors (Lipinski definition) is 5. The van der Waals surface area contributed by atoms with Crippen molar-refractivity contribution in [1.29, 1.82) is 0 Å². The molecule has 0 radical (unpaired) electrons. The van der Waals surface area contributed by atoms with Gasteiger partial charge in [-0.15, -0.1) is 0 Å². The lowest BCUT2D eigenvalue weighted by atomic mass is 9.89. The molecule has 0 spiro atoms. The highest BCUT2D eigenvalue weighted by Gasteiger charge is 2.41. The van der Waals surface area contributed by atoms with Gasteiger partial charge in [0.2, 0.25) is 0 Å². The Labute approximate surface area is 73.4 Å². The molecule has 1 rings (SSSR count). The van der Waals surface area contributed by atoms with Gasteiger partial charge in [-0.3, -0.25) is 0 Å². The molecule has 0 saturated carbocycles. The molecule has 0 saturated heterocycles. The highest BCUT2D eigenvalue weighted by Crippen LogP contribution is 2.26. The SMILES string of the molecule is OCC1=C(F)[C@@H](O)[C@H](O)[C@@H](O)[C@H]1O. The number of aliphatic hydroxyl groups excluding tert-OH is 5. The average molecular weight is 194 g/mol. The van der Waals surface area contributed by atoms with Crippen molar-refractivity contribution in [3.05, 3.63) is 11.4 Å². The van der Waals surface area contributed by atoms with E-state index >= 15 is 0 Å². The van der Waals surface area contributed by atoms with Gasteiger partial charge >= 0.3 is 0 Å². The summed E-state index contributed by atoms with van der Waals surface area (Å²) in [5, 5.41) is 44.7. The van der Waals surface area contributed by atoms with E-state index < -0.39 is 42.4 Å². The van der Waals surface area contributed by atoms with Crippen LogP contribution in [0.1, 0.15) is 0 Å². The fourth-order valence-corrected chi connectivity index (χ4v) is 1.23. The lowest BCUT2D eigenvalue weighted by molar-refractivity contribution is -0.106. The summed E-state index contributed by atoms with van der Waals surface area (Å²) < 4.78 is 13.0. The fourth-order valence-electron chi connectivity index (χ4n) is 1.23. The molecule has 0 heterocycles. The molecule has 0 aromatic heterocycles. The van der Waals surface area contributed by atoms with Crippen molar-refractivity contribution in [1.82, 2.24) is 0 Å². The van der Waals surface area contributed by atoms with E-state index in [1.54, 1.807) is 0 Å². The summed E-state index contributed by atoms with van der Waals surface area (Å²) in [6.07, 6.45) is -7.02. The molecule has 0 fully saturated rings. The lowest BCUT2D eigenvalue weighted by Crippen LogP contribution is -2.50. The summed E-state index contributed by atoms with van der Waals surface area (Å²) in [6.45, 7) is -0.812. The molecule has 0 aromatic rings. The quantitative estimate of drug-likeness (QED) is 0.322. The molecular weight excluding hydrogens is 183 g/mol. The second-order valence-electron chi connectivity index (χ2n) is 2.90. The van der Waals surface area contributed by atoms with Crippen molar-refractivity contribution in [2.24, 2.45) is 0 Å². The Morgan fingerprint density at radius 2 is 1.46 bits per heavy atom. The maximum atomic E-state index is 13.0. The van der Waals surface area contributed by atoms with E-state index in [0.29, 0.717) is 0 Å². The van der Waals surface area contributed by atoms with Crippen molar-refractivity contribution in [2.45, 2.75) is 24.4 Å². The van der Waals surface area contributed by atoms with Gasteiger partial charge in [-0.1, -0.05) is 0 Å². The molecule has 0 aliphatic heterocycles. The first-order valence-corrected chi connectivity index (χ1v) is 3.72. The van der Waals surface area contributed by atoms with Gasteiger partial charge in [0.1, 0.15) is 30.2 Å². The molecule has 0 unspecified atom stereocenters. The molecule has 0 aromatic carbocycles. The standard InChI is InChI=1S/C7H11FO5/c8-3-2(1-9)4(10)6(12)7(13)5(3)11/h4-7,9-13H,1H2/t4-,5+,6-,7-/m0/s1. The van der Waals surface area contributed by atoms with E-state index in [4.69, 9.17) is 25.5 Å². The van der Waals surface area contributed by atoms with Crippen LogP contribution in [0.4, 0.5) is 4.39 Å². The summed E-state index contributed by atoms with van der Waals surface area (Å²) in [5.41, 5.74) is -0.495. The Morgan fingerprint density at radius 3 is 1.92 bits per heavy atom. The molecule has 5 N–H and O–H groups in total. The van der Waals surface area contributed by atoms with Gasteiger partial charge < -0.3 is 25.5 Å². The summed E-state index contributed by atoms with van der Waals surface area (Å²) in [6, 6.07) is 0. The monoisotopic (exact) mass is 194 g/mol. The number of aliphatic hydroxyl groups is 5. The third-order valence-electron chi connectivity index (χ3n) is 2.09. The van der Waals surface area contributed by atoms with Crippen molar-refractivity contribution in [3.8, 4) is 0 Å². The molecule has 76 valence electrons. The average Bonchev–Trinajstić information content (AvgIpc) is 2.13. The molecule has 6 heteroatoms. The van der Waals surface area contributed by atoms with Crippen LogP contribution in [0, 0.1) is 0 Å². The molecule has 0 amide bonds. The van der Waals surface area contributed by atoms with E-state index in [1.807, 2.05) is 0 Å². The molecule has 13 heavy (non-hydrogen) atoms. The molecule has 0 bridgehead atoms. The number of halogens is 1. The zero-order valence-corrected chi connectivity index (χ0v) is 6.63. The third-order valence-corrected chi connectivity index (χ3v) is 2.09. The zero-order valence-electron chi connectivity index (χ0n) is 6.63. The van der Waals surface area contributed by atoms with E-state index in [-0.39, 0.29) is 0 Å². The van der Waals surface area contributed by atoms with E-state index in [1.165, 1.54) is 0 Å². The zero-order chi connectivity index (χ0) is 10.2. The molecular formula is C7H11FO5. The van der Waals surface area contributed by atoms with Gasteiger partial charge in [0.05, 0.1) is 6.61 Å². The second kappa shape index (κ2) is 3.69. The van der Waals surface area contributed by atoms with Crippen molar-refractivity contribution in [3.63, 3.8) is 0 Å². The Bertz CT molecular complexity index is 229. The Hall–Kier alpha value is -0.530. The summed E-state index contributed by atoms with van der Waals surface area (Å²) in [4.78, 5) is 0. The predicted octanol–water partition coefficient (Wildman–Crippen LogP) is -2.34. The van der Waals surface area contributed by atoms with Gasteiger partial charge in [0, 0.05) is 5.57 Å². The van der Waals surface area contributed by atoms with Crippen LogP contribution < -0.4 is 0 Å². The minimum absolute atomic E-state index is 0.495. The molecule has 4 atom stereocenters. The smallest absolute Gasteiger partial charge is 0.135 e. The molecule has 1 aliphatic carbocycles. The van der Waals surface area contributed by atoms with Crippen LogP contribution >= 0.6 is 0 Å². The second-order valence-corrected chi connectivity index (χ2v) is 2.90. The van der Waals surface area contributed by atoms with Crippen molar-refractivity contribution in [2.75, 3.05) is 6.61 Å². The highest BCUT2D eigenvalue weighted by atomic mass is 19.1. The number of rotatable bonds is 1.